The van der Waals surface area contributed by atoms with Crippen molar-refractivity contribution in [1.29, 1.82) is 0 Å². The predicted octanol–water partition coefficient (Wildman–Crippen LogP) is 5.71. The number of rotatable bonds is 4. The Balaban J connectivity index is -0.000000133. The summed E-state index contributed by atoms with van der Waals surface area (Å²) in [5.74, 6) is 2.48. The molecule has 1 saturated carbocycles. The minimum Gasteiger partial charge on any atom is -0.368 e. The summed E-state index contributed by atoms with van der Waals surface area (Å²) in [6.45, 7) is 15.0. The molecule has 1 fully saturated rings. The zero-order chi connectivity index (χ0) is 18.5. The Hall–Kier alpha value is -1.57. The average Bonchev–Trinajstić information content (AvgIpc) is 2.64. The maximum atomic E-state index is 10.5. The van der Waals surface area contributed by atoms with E-state index in [0.29, 0.717) is 6.42 Å². The summed E-state index contributed by atoms with van der Waals surface area (Å²) in [6.07, 6.45) is 10.2. The number of hydrogen-bond acceptors (Lipinski definition) is 2. The van der Waals surface area contributed by atoms with Crippen LogP contribution in [0.1, 0.15) is 99.8 Å². The molecule has 4 N–H and O–H groups in total. The first kappa shape index (κ1) is 31.2. The van der Waals surface area contributed by atoms with Crippen LogP contribution < -0.4 is 11.5 Å². The van der Waals surface area contributed by atoms with Gasteiger partial charge in [0, 0.05) is 0 Å². The van der Waals surface area contributed by atoms with Crippen LogP contribution in [0.25, 0.3) is 0 Å². The topological polar surface area (TPSA) is 69.1 Å². The largest absolute Gasteiger partial charge is 0.368 e. The van der Waals surface area contributed by atoms with E-state index in [4.69, 9.17) is 11.5 Å². The fourth-order valence-electron chi connectivity index (χ4n) is 2.32. The van der Waals surface area contributed by atoms with Crippen molar-refractivity contribution in [3.05, 3.63) is 7.43 Å². The third kappa shape index (κ3) is 20.4. The quantitative estimate of drug-likeness (QED) is 0.316. The summed E-state index contributed by atoms with van der Waals surface area (Å²) < 4.78 is 0. The number of primary amides is 1. The summed E-state index contributed by atoms with van der Waals surface area (Å²) >= 11 is 0. The molecular weight excluding hydrogens is 563 g/mol. The van der Waals surface area contributed by atoms with Crippen LogP contribution in [0.4, 0.5) is 0 Å². The van der Waals surface area contributed by atoms with Crippen LogP contribution in [0.3, 0.4) is 0 Å². The van der Waals surface area contributed by atoms with Crippen LogP contribution >= 0.6 is 0 Å². The molecule has 0 aromatic carbocycles. The van der Waals surface area contributed by atoms with Crippen LogP contribution in [-0.2, 0) is 4.79 Å². The molecule has 0 spiro atoms. The summed E-state index contributed by atoms with van der Waals surface area (Å²) in [5.41, 5.74) is 9.68. The van der Waals surface area contributed by atoms with E-state index in [1.54, 1.807) is 6.92 Å². The van der Waals surface area contributed by atoms with Crippen molar-refractivity contribution in [1.82, 2.24) is 0 Å². The SMILES string of the molecule is CC1CCCC(C)CC1.CCC(C)C.CCCC(C)(N)C(N)=O.[CH3-].[Rf]. The van der Waals surface area contributed by atoms with E-state index >= 15 is 0 Å². The van der Waals surface area contributed by atoms with Crippen molar-refractivity contribution in [2.24, 2.45) is 29.2 Å². The van der Waals surface area contributed by atoms with Crippen LogP contribution in [0, 0.1) is 25.2 Å². The van der Waals surface area contributed by atoms with Crippen LogP contribution in [0.5, 0.6) is 0 Å². The zero-order valence-corrected chi connectivity index (χ0v) is 25.1. The van der Waals surface area contributed by atoms with Gasteiger partial charge in [-0.3, -0.25) is 4.79 Å². The molecule has 0 heterocycles. The molecule has 0 aromatic rings. The molecule has 25 heavy (non-hydrogen) atoms. The maximum absolute atomic E-state index is 10.5. The first-order valence-electron chi connectivity index (χ1n) is 9.65. The maximum Gasteiger partial charge on any atom is 0.237 e. The Morgan fingerprint density at radius 3 is 1.64 bits per heavy atom. The molecule has 0 bridgehead atoms. The molecule has 0 aliphatic heterocycles. The molecule has 1 amide bonds. The third-order valence-corrected chi connectivity index (χ3v) is 4.69. The van der Waals surface area contributed by atoms with Crippen molar-refractivity contribution >= 4 is 5.91 Å². The van der Waals surface area contributed by atoms with Gasteiger partial charge < -0.3 is 18.9 Å². The molecule has 0 saturated heterocycles. The normalized spacial score (nSPS) is 21.6. The van der Waals surface area contributed by atoms with Crippen molar-refractivity contribution in [3.8, 4) is 0 Å². The first-order chi connectivity index (χ1) is 10.6. The number of carbonyl (C=O) groups excluding carboxylic acids is 1. The molecular formula is C21H47N2ORf-. The molecule has 3 atom stereocenters. The first-order valence-corrected chi connectivity index (χ1v) is 9.65. The van der Waals surface area contributed by atoms with E-state index < -0.39 is 11.4 Å². The average molecular weight is 611 g/mol. The van der Waals surface area contributed by atoms with Gasteiger partial charge in [-0.2, -0.15) is 0 Å². The minimum atomic E-state index is -0.811. The van der Waals surface area contributed by atoms with Gasteiger partial charge in [-0.25, -0.2) is 0 Å². The van der Waals surface area contributed by atoms with Gasteiger partial charge in [0.05, 0.1) is 5.54 Å². The Bertz CT molecular complexity index is 284. The minimum absolute atomic E-state index is 0. The molecule has 4 heteroatoms. The standard InChI is InChI=1S/C9H18.C6H14N2O.C5H12.CH3.Rf/c1-8-4-3-5-9(2)7-6-8;1-3-4-6(2,8)5(7)9;1-4-5(2)3;;/h8-9H,3-7H2,1-2H3;3-4,8H2,1-2H3,(H2,7,9);5H,4H2,1-3H3;1H3;/q;;;-1;. The van der Waals surface area contributed by atoms with Crippen molar-refractivity contribution in [2.75, 3.05) is 0 Å². The smallest absolute Gasteiger partial charge is 0.237 e. The van der Waals surface area contributed by atoms with Gasteiger partial charge >= 0.3 is 0 Å². The summed E-state index contributed by atoms with van der Waals surface area (Å²) in [5, 5.41) is 0. The zero-order valence-electron chi connectivity index (χ0n) is 18.7. The Labute approximate surface area is 153 Å². The number of hydrogen-bond donors (Lipinski definition) is 2. The summed E-state index contributed by atoms with van der Waals surface area (Å²) in [6, 6.07) is 0. The van der Waals surface area contributed by atoms with E-state index in [0.717, 1.165) is 24.2 Å². The van der Waals surface area contributed by atoms with Crippen LogP contribution in [0.2, 0.25) is 0 Å². The van der Waals surface area contributed by atoms with Gasteiger partial charge in [0.25, 0.3) is 0 Å². The van der Waals surface area contributed by atoms with E-state index in [1.165, 1.54) is 38.5 Å². The molecule has 1 aliphatic carbocycles. The van der Waals surface area contributed by atoms with E-state index in [9.17, 15) is 4.79 Å². The number of amides is 1. The molecule has 0 radical (unpaired) electrons. The molecule has 0 aromatic heterocycles. The Morgan fingerprint density at radius 2 is 1.44 bits per heavy atom. The molecule has 150 valence electrons. The van der Waals surface area contributed by atoms with Gasteiger partial charge in [0.1, 0.15) is 0 Å². The van der Waals surface area contributed by atoms with Crippen LogP contribution in [-0.4, -0.2) is 11.4 Å². The number of nitrogens with two attached hydrogens (primary N) is 2. The second-order valence-electron chi connectivity index (χ2n) is 8.05. The van der Waals surface area contributed by atoms with E-state index in [2.05, 4.69) is 34.6 Å². The fourth-order valence-corrected chi connectivity index (χ4v) is 2.32. The van der Waals surface area contributed by atoms with E-state index in [-0.39, 0.29) is 7.43 Å². The van der Waals surface area contributed by atoms with Gasteiger partial charge in [-0.05, 0) is 31.1 Å². The van der Waals surface area contributed by atoms with Crippen LogP contribution in [0.15, 0.2) is 0 Å². The molecule has 3 nitrogen and oxygen atoms in total. The van der Waals surface area contributed by atoms with Crippen molar-refractivity contribution in [3.63, 3.8) is 0 Å². The second-order valence-corrected chi connectivity index (χ2v) is 8.05. The summed E-state index contributed by atoms with van der Waals surface area (Å²) in [4.78, 5) is 10.5. The fraction of sp³-hybridized carbons (Fsp3) is 0.905. The Morgan fingerprint density at radius 1 is 1.08 bits per heavy atom. The number of carbonyl (C=O) groups is 1. The molecule has 1 aliphatic rings. The molecule has 1 rings (SSSR count). The van der Waals surface area contributed by atoms with E-state index in [1.807, 2.05) is 6.92 Å². The van der Waals surface area contributed by atoms with Gasteiger partial charge in [0.2, 0.25) is 5.91 Å². The molecule has 3 unspecified atom stereocenters. The second kappa shape index (κ2) is 17.3. The predicted molar refractivity (Wildman–Crippen MR) is 110 cm³/mol. The summed E-state index contributed by atoms with van der Waals surface area (Å²) in [7, 11) is 0. The van der Waals surface area contributed by atoms with Gasteiger partial charge in [0.15, 0.2) is 0 Å². The van der Waals surface area contributed by atoms with Gasteiger partial charge in [-0.1, -0.05) is 86.5 Å². The van der Waals surface area contributed by atoms with Crippen molar-refractivity contribution in [2.45, 2.75) is 105 Å². The monoisotopic (exact) mass is 610 g/mol. The Kier molecular flexibility index (Phi) is 21.6. The van der Waals surface area contributed by atoms with Gasteiger partial charge in [-0.15, -0.1) is 0 Å². The van der Waals surface area contributed by atoms with Crippen molar-refractivity contribution < 1.29 is 4.79 Å². The third-order valence-electron chi connectivity index (χ3n) is 4.69.